The van der Waals surface area contributed by atoms with Crippen LogP contribution in [0.15, 0.2) is 47.5 Å². The first kappa shape index (κ1) is 16.8. The molecule has 3 nitrogen and oxygen atoms in total. The molecule has 0 unspecified atom stereocenters. The SMILES string of the molecule is O=c1c2cc(Cl)cc(Cl)c2ncn1Cc1cccc(C(F)(F)F)c1. The van der Waals surface area contributed by atoms with Crippen LogP contribution in [0, 0.1) is 0 Å². The predicted molar refractivity (Wildman–Crippen MR) is 86.6 cm³/mol. The Morgan fingerprint density at radius 2 is 1.88 bits per heavy atom. The van der Waals surface area contributed by atoms with E-state index in [4.69, 9.17) is 23.2 Å². The monoisotopic (exact) mass is 372 g/mol. The molecule has 0 N–H and O–H groups in total. The van der Waals surface area contributed by atoms with Gasteiger partial charge in [-0.2, -0.15) is 13.2 Å². The van der Waals surface area contributed by atoms with Crippen molar-refractivity contribution in [3.05, 3.63) is 74.3 Å². The molecule has 1 aromatic heterocycles. The number of nitrogens with zero attached hydrogens (tertiary/aromatic N) is 2. The van der Waals surface area contributed by atoms with Crippen LogP contribution in [0.1, 0.15) is 11.1 Å². The van der Waals surface area contributed by atoms with Gasteiger partial charge >= 0.3 is 6.18 Å². The van der Waals surface area contributed by atoms with E-state index in [1.807, 2.05) is 0 Å². The molecule has 0 radical (unpaired) electrons. The lowest BCUT2D eigenvalue weighted by Gasteiger charge is -2.11. The number of alkyl halides is 3. The Balaban J connectivity index is 2.06. The second kappa shape index (κ2) is 6.11. The minimum atomic E-state index is -4.44. The molecule has 0 atom stereocenters. The molecular formula is C16H9Cl2F3N2O. The molecule has 0 amide bonds. The van der Waals surface area contributed by atoms with E-state index in [0.29, 0.717) is 11.1 Å². The maximum atomic E-state index is 12.8. The molecule has 0 fully saturated rings. The minimum absolute atomic E-state index is 0.0458. The van der Waals surface area contributed by atoms with Crippen molar-refractivity contribution in [2.24, 2.45) is 0 Å². The van der Waals surface area contributed by atoms with Crippen molar-refractivity contribution >= 4 is 34.1 Å². The molecule has 0 saturated carbocycles. The highest BCUT2D eigenvalue weighted by atomic mass is 35.5. The number of hydrogen-bond acceptors (Lipinski definition) is 2. The normalized spacial score (nSPS) is 11.9. The third-order valence-corrected chi connectivity index (χ3v) is 3.96. The van der Waals surface area contributed by atoms with Crippen LogP contribution in [-0.2, 0) is 12.7 Å². The Morgan fingerprint density at radius 1 is 1.12 bits per heavy atom. The number of hydrogen-bond donors (Lipinski definition) is 0. The van der Waals surface area contributed by atoms with Gasteiger partial charge in [-0.3, -0.25) is 9.36 Å². The van der Waals surface area contributed by atoms with Gasteiger partial charge in [-0.05, 0) is 29.8 Å². The van der Waals surface area contributed by atoms with E-state index in [-0.39, 0.29) is 22.0 Å². The van der Waals surface area contributed by atoms with Crippen molar-refractivity contribution in [1.82, 2.24) is 9.55 Å². The molecule has 0 spiro atoms. The van der Waals surface area contributed by atoms with Gasteiger partial charge in [-0.1, -0.05) is 35.3 Å². The molecule has 0 aliphatic heterocycles. The zero-order valence-corrected chi connectivity index (χ0v) is 13.5. The predicted octanol–water partition coefficient (Wildman–Crippen LogP) is 4.77. The standard InChI is InChI=1S/C16H9Cl2F3N2O/c17-11-5-12-14(13(18)6-11)22-8-23(15(12)24)7-9-2-1-3-10(4-9)16(19,20)21/h1-6,8H,7H2. The van der Waals surface area contributed by atoms with Crippen LogP contribution in [0.4, 0.5) is 13.2 Å². The van der Waals surface area contributed by atoms with Gasteiger partial charge in [0.2, 0.25) is 0 Å². The highest BCUT2D eigenvalue weighted by molar-refractivity contribution is 6.38. The molecule has 0 aliphatic rings. The van der Waals surface area contributed by atoms with Gasteiger partial charge in [-0.25, -0.2) is 4.98 Å². The average molecular weight is 373 g/mol. The first-order valence-electron chi connectivity index (χ1n) is 6.76. The maximum absolute atomic E-state index is 12.8. The molecule has 124 valence electrons. The number of benzene rings is 2. The molecule has 24 heavy (non-hydrogen) atoms. The van der Waals surface area contributed by atoms with Crippen molar-refractivity contribution in [3.63, 3.8) is 0 Å². The zero-order chi connectivity index (χ0) is 17.5. The molecule has 3 rings (SSSR count). The second-order valence-electron chi connectivity index (χ2n) is 5.16. The smallest absolute Gasteiger partial charge is 0.294 e. The fourth-order valence-corrected chi connectivity index (χ4v) is 2.89. The van der Waals surface area contributed by atoms with Gasteiger partial charge in [0.15, 0.2) is 0 Å². The fourth-order valence-electron chi connectivity index (χ4n) is 2.35. The van der Waals surface area contributed by atoms with Crippen LogP contribution >= 0.6 is 23.2 Å². The van der Waals surface area contributed by atoms with Crippen molar-refractivity contribution in [2.75, 3.05) is 0 Å². The number of fused-ring (bicyclic) bond motifs is 1. The lowest BCUT2D eigenvalue weighted by molar-refractivity contribution is -0.137. The first-order chi connectivity index (χ1) is 11.3. The highest BCUT2D eigenvalue weighted by Gasteiger charge is 2.30. The van der Waals surface area contributed by atoms with Gasteiger partial charge in [0.05, 0.1) is 34.4 Å². The number of aromatic nitrogens is 2. The van der Waals surface area contributed by atoms with Crippen LogP contribution in [-0.4, -0.2) is 9.55 Å². The summed E-state index contributed by atoms with van der Waals surface area (Å²) in [6, 6.07) is 7.68. The lowest BCUT2D eigenvalue weighted by Crippen LogP contribution is -2.21. The number of rotatable bonds is 2. The van der Waals surface area contributed by atoms with E-state index in [2.05, 4.69) is 4.98 Å². The van der Waals surface area contributed by atoms with Crippen LogP contribution < -0.4 is 5.56 Å². The molecule has 3 aromatic rings. The number of halogens is 5. The molecule has 2 aromatic carbocycles. The van der Waals surface area contributed by atoms with E-state index in [1.54, 1.807) is 0 Å². The largest absolute Gasteiger partial charge is 0.416 e. The quantitative estimate of drug-likeness (QED) is 0.649. The fraction of sp³-hybridized carbons (Fsp3) is 0.125. The third-order valence-electron chi connectivity index (χ3n) is 3.45. The molecular weight excluding hydrogens is 364 g/mol. The third kappa shape index (κ3) is 3.25. The summed E-state index contributed by atoms with van der Waals surface area (Å²) < 4.78 is 39.5. The zero-order valence-electron chi connectivity index (χ0n) is 11.9. The molecule has 1 heterocycles. The first-order valence-corrected chi connectivity index (χ1v) is 7.51. The van der Waals surface area contributed by atoms with E-state index in [0.717, 1.165) is 12.1 Å². The van der Waals surface area contributed by atoms with Crippen LogP contribution in [0.25, 0.3) is 10.9 Å². The second-order valence-corrected chi connectivity index (χ2v) is 6.00. The van der Waals surface area contributed by atoms with Gasteiger partial charge < -0.3 is 0 Å². The van der Waals surface area contributed by atoms with Gasteiger partial charge in [-0.15, -0.1) is 0 Å². The summed E-state index contributed by atoms with van der Waals surface area (Å²) in [5.41, 5.74) is -0.567. The molecule has 0 aliphatic carbocycles. The summed E-state index contributed by atoms with van der Waals surface area (Å²) in [4.78, 5) is 16.6. The summed E-state index contributed by atoms with van der Waals surface area (Å²) in [7, 11) is 0. The van der Waals surface area contributed by atoms with Gasteiger partial charge in [0, 0.05) is 5.02 Å². The van der Waals surface area contributed by atoms with E-state index in [9.17, 15) is 18.0 Å². The maximum Gasteiger partial charge on any atom is 0.416 e. The van der Waals surface area contributed by atoms with Gasteiger partial charge in [0.1, 0.15) is 0 Å². The van der Waals surface area contributed by atoms with Crippen molar-refractivity contribution < 1.29 is 13.2 Å². The molecule has 0 bridgehead atoms. The highest BCUT2D eigenvalue weighted by Crippen LogP contribution is 2.29. The van der Waals surface area contributed by atoms with Crippen LogP contribution in [0.2, 0.25) is 10.0 Å². The Hall–Kier alpha value is -2.05. The van der Waals surface area contributed by atoms with Crippen molar-refractivity contribution in [2.45, 2.75) is 12.7 Å². The van der Waals surface area contributed by atoms with Crippen LogP contribution in [0.5, 0.6) is 0 Å². The Morgan fingerprint density at radius 3 is 2.58 bits per heavy atom. The average Bonchev–Trinajstić information content (AvgIpc) is 2.50. The van der Waals surface area contributed by atoms with Gasteiger partial charge in [0.25, 0.3) is 5.56 Å². The summed E-state index contributed by atoms with van der Waals surface area (Å²) >= 11 is 11.9. The lowest BCUT2D eigenvalue weighted by atomic mass is 10.1. The van der Waals surface area contributed by atoms with E-state index >= 15 is 0 Å². The summed E-state index contributed by atoms with van der Waals surface area (Å²) in [5.74, 6) is 0. The van der Waals surface area contributed by atoms with Crippen molar-refractivity contribution in [3.8, 4) is 0 Å². The van der Waals surface area contributed by atoms with Crippen molar-refractivity contribution in [1.29, 1.82) is 0 Å². The summed E-state index contributed by atoms with van der Waals surface area (Å²) in [5, 5.41) is 0.728. The van der Waals surface area contributed by atoms with E-state index < -0.39 is 17.3 Å². The summed E-state index contributed by atoms with van der Waals surface area (Å²) in [6.45, 7) is -0.0458. The van der Waals surface area contributed by atoms with E-state index in [1.165, 1.54) is 35.2 Å². The Kier molecular flexibility index (Phi) is 4.27. The molecule has 8 heteroatoms. The minimum Gasteiger partial charge on any atom is -0.294 e. The topological polar surface area (TPSA) is 34.9 Å². The Bertz CT molecular complexity index is 983. The Labute approximate surface area is 144 Å². The summed E-state index contributed by atoms with van der Waals surface area (Å²) in [6.07, 6.45) is -3.19. The van der Waals surface area contributed by atoms with Crippen LogP contribution in [0.3, 0.4) is 0 Å². The molecule has 0 saturated heterocycles.